The molecule has 2 aromatic carbocycles. The van der Waals surface area contributed by atoms with Crippen LogP contribution in [-0.2, 0) is 0 Å². The average molecular weight is 371 g/mol. The monoisotopic (exact) mass is 370 g/mol. The van der Waals surface area contributed by atoms with Crippen molar-refractivity contribution in [1.29, 1.82) is 0 Å². The Labute approximate surface area is 170 Å². The van der Waals surface area contributed by atoms with Gasteiger partial charge in [0.15, 0.2) is 0 Å². The van der Waals surface area contributed by atoms with Crippen molar-refractivity contribution in [1.82, 2.24) is 0 Å². The molecule has 0 spiro atoms. The normalized spacial score (nSPS) is 10.4. The first-order chi connectivity index (χ1) is 13.7. The molecule has 0 unspecified atom stereocenters. The van der Waals surface area contributed by atoms with Crippen LogP contribution in [0.3, 0.4) is 0 Å². The topological polar surface area (TPSA) is 6.48 Å². The Bertz CT molecular complexity index is 708. The Kier molecular flexibility index (Phi) is 8.61. The summed E-state index contributed by atoms with van der Waals surface area (Å²) >= 11 is 0. The van der Waals surface area contributed by atoms with Crippen molar-refractivity contribution in [2.45, 2.75) is 0 Å². The van der Waals surface area contributed by atoms with Crippen molar-refractivity contribution < 1.29 is 0 Å². The summed E-state index contributed by atoms with van der Waals surface area (Å²) in [5.74, 6) is 0. The Morgan fingerprint density at radius 3 is 1.04 bits per heavy atom. The molecule has 2 nitrogen and oxygen atoms in total. The van der Waals surface area contributed by atoms with Crippen LogP contribution in [0.1, 0.15) is 11.1 Å². The van der Waals surface area contributed by atoms with Gasteiger partial charge in [0.25, 0.3) is 0 Å². The van der Waals surface area contributed by atoms with Gasteiger partial charge in [0.05, 0.1) is 0 Å². The van der Waals surface area contributed by atoms with Crippen LogP contribution in [0.5, 0.6) is 0 Å². The van der Waals surface area contributed by atoms with E-state index in [-0.39, 0.29) is 0 Å². The molecule has 0 aliphatic carbocycles. The van der Waals surface area contributed by atoms with Gasteiger partial charge in [-0.05, 0) is 35.4 Å². The summed E-state index contributed by atoms with van der Waals surface area (Å²) in [4.78, 5) is 4.45. The number of nitrogens with zero attached hydrogens (tertiary/aromatic N) is 2. The standard InChI is InChI=1S/C26H30N2/c1-5-19-27(20-6-2)25-15-11-23(12-16-25)9-10-24-13-17-26(18-14-24)28(21-7-3)22-8-4/h5-18H,1-4,19-22H2. The summed E-state index contributed by atoms with van der Waals surface area (Å²) in [6.07, 6.45) is 11.9. The summed E-state index contributed by atoms with van der Waals surface area (Å²) in [6, 6.07) is 17.1. The summed E-state index contributed by atoms with van der Waals surface area (Å²) in [5.41, 5.74) is 4.69. The fourth-order valence-electron chi connectivity index (χ4n) is 2.98. The fraction of sp³-hybridized carbons (Fsp3) is 0.154. The molecule has 0 heterocycles. The molecular weight excluding hydrogens is 340 g/mol. The van der Waals surface area contributed by atoms with Crippen LogP contribution in [0.15, 0.2) is 99.2 Å². The quantitative estimate of drug-likeness (QED) is 0.323. The largest absolute Gasteiger partial charge is 0.364 e. The number of hydrogen-bond donors (Lipinski definition) is 0. The molecule has 28 heavy (non-hydrogen) atoms. The van der Waals surface area contributed by atoms with Gasteiger partial charge in [-0.1, -0.05) is 60.7 Å². The van der Waals surface area contributed by atoms with Crippen LogP contribution < -0.4 is 9.80 Å². The minimum Gasteiger partial charge on any atom is -0.364 e. The Hall–Kier alpha value is -3.26. The molecule has 0 amide bonds. The van der Waals surface area contributed by atoms with Gasteiger partial charge < -0.3 is 9.80 Å². The van der Waals surface area contributed by atoms with E-state index < -0.39 is 0 Å². The highest BCUT2D eigenvalue weighted by Gasteiger charge is 2.03. The SMILES string of the molecule is C=CCN(CC=C)c1ccc(C=Cc2ccc(N(CC=C)CC=C)cc2)cc1. The first kappa shape index (κ1) is 21.0. The zero-order valence-electron chi connectivity index (χ0n) is 16.6. The van der Waals surface area contributed by atoms with E-state index in [1.807, 2.05) is 24.3 Å². The van der Waals surface area contributed by atoms with Gasteiger partial charge in [0, 0.05) is 37.6 Å². The van der Waals surface area contributed by atoms with Gasteiger partial charge in [-0.15, -0.1) is 26.3 Å². The Morgan fingerprint density at radius 1 is 0.500 bits per heavy atom. The molecule has 2 aromatic rings. The number of anilines is 2. The average Bonchev–Trinajstić information content (AvgIpc) is 2.73. The lowest BCUT2D eigenvalue weighted by atomic mass is 10.1. The molecule has 0 bridgehead atoms. The van der Waals surface area contributed by atoms with Gasteiger partial charge in [0.2, 0.25) is 0 Å². The molecule has 0 saturated heterocycles. The molecule has 0 N–H and O–H groups in total. The maximum Gasteiger partial charge on any atom is 0.0372 e. The number of benzene rings is 2. The Morgan fingerprint density at radius 2 is 0.786 bits per heavy atom. The van der Waals surface area contributed by atoms with Crippen LogP contribution in [0.4, 0.5) is 11.4 Å². The predicted octanol–water partition coefficient (Wildman–Crippen LogP) is 6.21. The van der Waals surface area contributed by atoms with Crippen LogP contribution in [0, 0.1) is 0 Å². The first-order valence-electron chi connectivity index (χ1n) is 9.53. The van der Waals surface area contributed by atoms with E-state index >= 15 is 0 Å². The van der Waals surface area contributed by atoms with Crippen molar-refractivity contribution in [3.8, 4) is 0 Å². The lowest BCUT2D eigenvalue weighted by molar-refractivity contribution is 0.957. The molecule has 0 fully saturated rings. The summed E-state index contributed by atoms with van der Waals surface area (Å²) in [7, 11) is 0. The third-order valence-corrected chi connectivity index (χ3v) is 4.38. The lowest BCUT2D eigenvalue weighted by Crippen LogP contribution is -2.22. The van der Waals surface area contributed by atoms with Crippen LogP contribution in [0.25, 0.3) is 12.2 Å². The van der Waals surface area contributed by atoms with Gasteiger partial charge in [-0.2, -0.15) is 0 Å². The zero-order valence-corrected chi connectivity index (χ0v) is 16.6. The predicted molar refractivity (Wildman–Crippen MR) is 127 cm³/mol. The molecule has 0 aliphatic rings. The zero-order chi connectivity index (χ0) is 20.2. The highest BCUT2D eigenvalue weighted by atomic mass is 15.1. The third kappa shape index (κ3) is 6.17. The molecule has 144 valence electrons. The number of rotatable bonds is 12. The van der Waals surface area contributed by atoms with E-state index in [4.69, 9.17) is 0 Å². The molecule has 0 aromatic heterocycles. The smallest absolute Gasteiger partial charge is 0.0372 e. The van der Waals surface area contributed by atoms with Crippen molar-refractivity contribution in [2.24, 2.45) is 0 Å². The summed E-state index contributed by atoms with van der Waals surface area (Å²) in [6.45, 7) is 18.5. The van der Waals surface area contributed by atoms with Gasteiger partial charge >= 0.3 is 0 Å². The van der Waals surface area contributed by atoms with E-state index in [0.717, 1.165) is 26.2 Å². The third-order valence-electron chi connectivity index (χ3n) is 4.38. The first-order valence-corrected chi connectivity index (χ1v) is 9.53. The molecule has 2 heteroatoms. The fourth-order valence-corrected chi connectivity index (χ4v) is 2.98. The minimum atomic E-state index is 0.808. The highest BCUT2D eigenvalue weighted by molar-refractivity contribution is 5.71. The molecule has 2 rings (SSSR count). The van der Waals surface area contributed by atoms with Gasteiger partial charge in [0.1, 0.15) is 0 Å². The van der Waals surface area contributed by atoms with Crippen molar-refractivity contribution in [2.75, 3.05) is 36.0 Å². The van der Waals surface area contributed by atoms with Crippen LogP contribution in [0.2, 0.25) is 0 Å². The second kappa shape index (κ2) is 11.5. The number of hydrogen-bond acceptors (Lipinski definition) is 2. The van der Waals surface area contributed by atoms with Crippen molar-refractivity contribution in [3.63, 3.8) is 0 Å². The van der Waals surface area contributed by atoms with Gasteiger partial charge in [-0.25, -0.2) is 0 Å². The second-order valence-corrected chi connectivity index (χ2v) is 6.48. The molecule has 0 saturated carbocycles. The molecule has 0 aliphatic heterocycles. The van der Waals surface area contributed by atoms with Gasteiger partial charge in [-0.3, -0.25) is 0 Å². The summed E-state index contributed by atoms with van der Waals surface area (Å²) < 4.78 is 0. The van der Waals surface area contributed by atoms with E-state index in [9.17, 15) is 0 Å². The van der Waals surface area contributed by atoms with Crippen molar-refractivity contribution in [3.05, 3.63) is 110 Å². The second-order valence-electron chi connectivity index (χ2n) is 6.48. The Balaban J connectivity index is 2.06. The maximum absolute atomic E-state index is 3.83. The van der Waals surface area contributed by atoms with Crippen molar-refractivity contribution >= 4 is 23.5 Å². The van der Waals surface area contributed by atoms with E-state index in [0.29, 0.717) is 0 Å². The van der Waals surface area contributed by atoms with E-state index in [2.05, 4.69) is 96.8 Å². The minimum absolute atomic E-state index is 0.808. The van der Waals surface area contributed by atoms with Crippen LogP contribution in [-0.4, -0.2) is 26.2 Å². The maximum atomic E-state index is 3.83. The van der Waals surface area contributed by atoms with E-state index in [1.54, 1.807) is 0 Å². The molecule has 0 atom stereocenters. The van der Waals surface area contributed by atoms with E-state index in [1.165, 1.54) is 22.5 Å². The van der Waals surface area contributed by atoms with Crippen LogP contribution >= 0.6 is 0 Å². The highest BCUT2D eigenvalue weighted by Crippen LogP contribution is 2.19. The molecular formula is C26H30N2. The lowest BCUT2D eigenvalue weighted by Gasteiger charge is -2.21. The molecule has 0 radical (unpaired) electrons. The summed E-state index contributed by atoms with van der Waals surface area (Å²) in [5, 5.41) is 0.